The highest BCUT2D eigenvalue weighted by Gasteiger charge is 2.62. The van der Waals surface area contributed by atoms with E-state index in [1.54, 1.807) is 52.0 Å². The number of hydrogen-bond acceptors (Lipinski definition) is 7. The summed E-state index contributed by atoms with van der Waals surface area (Å²) in [6, 6.07) is 6.67. The van der Waals surface area contributed by atoms with E-state index in [-0.39, 0.29) is 11.7 Å². The molecule has 0 bridgehead atoms. The highest BCUT2D eigenvalue weighted by molar-refractivity contribution is 5.97. The van der Waals surface area contributed by atoms with E-state index < -0.39 is 42.3 Å². The third-order valence-electron chi connectivity index (χ3n) is 4.97. The number of fused-ring (bicyclic) bond motifs is 3. The van der Waals surface area contributed by atoms with E-state index in [0.29, 0.717) is 11.3 Å². The van der Waals surface area contributed by atoms with Crippen molar-refractivity contribution in [2.24, 2.45) is 0 Å². The molecule has 8 nitrogen and oxygen atoms in total. The fourth-order valence-electron chi connectivity index (χ4n) is 3.82. The molecule has 1 N–H and O–H groups in total. The summed E-state index contributed by atoms with van der Waals surface area (Å²) < 4.78 is 29.6. The normalized spacial score (nSPS) is 35.1. The van der Waals surface area contributed by atoms with Crippen LogP contribution in [-0.2, 0) is 28.5 Å². The van der Waals surface area contributed by atoms with Crippen LogP contribution in [0.3, 0.4) is 0 Å². The number of Topliss-reactive ketones (excluding diaryl/α,β-unsaturated/α-hetero) is 1. The highest BCUT2D eigenvalue weighted by Crippen LogP contribution is 2.44. The standard InChI is InChI=1S/C20H25NO7/c1-10(22)11-6-8-12(9-7-11)21-17(23)15-13-14(26-19(2,3)25-13)16-18(24-15)28-20(4,5)27-16/h6-9,13-16,18H,1-5H3,(H,21,23)/t13-,14+,15?,16-,18-/m1/s1. The molecule has 3 heterocycles. The van der Waals surface area contributed by atoms with Crippen molar-refractivity contribution in [2.75, 3.05) is 5.32 Å². The van der Waals surface area contributed by atoms with Crippen LogP contribution in [0.15, 0.2) is 24.3 Å². The number of nitrogens with one attached hydrogen (secondary N) is 1. The Hall–Kier alpha value is -1.84. The molecule has 0 spiro atoms. The van der Waals surface area contributed by atoms with Gasteiger partial charge < -0.3 is 29.0 Å². The lowest BCUT2D eigenvalue weighted by atomic mass is 9.98. The maximum absolute atomic E-state index is 13.0. The van der Waals surface area contributed by atoms with E-state index in [2.05, 4.69) is 5.32 Å². The maximum atomic E-state index is 13.0. The lowest BCUT2D eigenvalue weighted by Crippen LogP contribution is -2.58. The first-order chi connectivity index (χ1) is 13.0. The minimum atomic E-state index is -0.932. The summed E-state index contributed by atoms with van der Waals surface area (Å²) >= 11 is 0. The molecule has 8 heteroatoms. The molecule has 0 saturated carbocycles. The number of ether oxygens (including phenoxy) is 5. The van der Waals surface area contributed by atoms with Gasteiger partial charge in [-0.15, -0.1) is 0 Å². The molecule has 0 aromatic heterocycles. The molecule has 4 rings (SSSR count). The zero-order chi connectivity index (χ0) is 20.3. The second-order valence-corrected chi connectivity index (χ2v) is 8.21. The van der Waals surface area contributed by atoms with Crippen molar-refractivity contribution in [3.63, 3.8) is 0 Å². The second kappa shape index (κ2) is 6.60. The Morgan fingerprint density at radius 3 is 2.07 bits per heavy atom. The Bertz CT molecular complexity index is 788. The zero-order valence-electron chi connectivity index (χ0n) is 16.6. The van der Waals surface area contributed by atoms with Crippen LogP contribution in [0, 0.1) is 0 Å². The molecule has 0 radical (unpaired) electrons. The molecule has 3 fully saturated rings. The summed E-state index contributed by atoms with van der Waals surface area (Å²) in [5, 5.41) is 2.81. The fraction of sp³-hybridized carbons (Fsp3) is 0.600. The zero-order valence-corrected chi connectivity index (χ0v) is 16.6. The summed E-state index contributed by atoms with van der Waals surface area (Å²) in [6.07, 6.45) is -3.28. The van der Waals surface area contributed by atoms with Crippen molar-refractivity contribution in [3.05, 3.63) is 29.8 Å². The molecular weight excluding hydrogens is 366 g/mol. The second-order valence-electron chi connectivity index (χ2n) is 8.21. The van der Waals surface area contributed by atoms with Gasteiger partial charge >= 0.3 is 0 Å². The third kappa shape index (κ3) is 3.58. The first kappa shape index (κ1) is 19.5. The average molecular weight is 391 g/mol. The van der Waals surface area contributed by atoms with Gasteiger partial charge in [-0.3, -0.25) is 9.59 Å². The van der Waals surface area contributed by atoms with Gasteiger partial charge in [0.2, 0.25) is 0 Å². The van der Waals surface area contributed by atoms with Gasteiger partial charge in [-0.25, -0.2) is 0 Å². The third-order valence-corrected chi connectivity index (χ3v) is 4.97. The first-order valence-corrected chi connectivity index (χ1v) is 9.33. The van der Waals surface area contributed by atoms with Gasteiger partial charge in [-0.1, -0.05) is 0 Å². The van der Waals surface area contributed by atoms with E-state index in [9.17, 15) is 9.59 Å². The Labute approximate surface area is 163 Å². The van der Waals surface area contributed by atoms with Crippen LogP contribution in [0.25, 0.3) is 0 Å². The van der Waals surface area contributed by atoms with Gasteiger partial charge in [0, 0.05) is 11.3 Å². The quantitative estimate of drug-likeness (QED) is 0.790. The van der Waals surface area contributed by atoms with Crippen molar-refractivity contribution >= 4 is 17.4 Å². The average Bonchev–Trinajstić information content (AvgIpc) is 3.08. The first-order valence-electron chi connectivity index (χ1n) is 9.33. The molecule has 0 aliphatic carbocycles. The Morgan fingerprint density at radius 2 is 1.43 bits per heavy atom. The number of benzene rings is 1. The SMILES string of the molecule is CC(=O)c1ccc(NC(=O)C2O[C@@H]3OC(C)(C)O[C@@H]3[C@H]3OC(C)(C)O[C@@H]23)cc1. The molecule has 3 aliphatic heterocycles. The molecular formula is C20H25NO7. The van der Waals surface area contributed by atoms with Gasteiger partial charge in [0.25, 0.3) is 5.91 Å². The lowest BCUT2D eigenvalue weighted by molar-refractivity contribution is -0.229. The Balaban J connectivity index is 1.54. The summed E-state index contributed by atoms with van der Waals surface area (Å²) in [5.41, 5.74) is 1.13. The van der Waals surface area contributed by atoms with Gasteiger partial charge in [-0.2, -0.15) is 0 Å². The predicted molar refractivity (Wildman–Crippen MR) is 97.6 cm³/mol. The summed E-state index contributed by atoms with van der Waals surface area (Å²) in [6.45, 7) is 8.64. The number of carbonyl (C=O) groups excluding carboxylic acids is 2. The molecule has 3 saturated heterocycles. The number of hydrogen-bond donors (Lipinski definition) is 1. The number of anilines is 1. The van der Waals surface area contributed by atoms with Crippen LogP contribution < -0.4 is 5.32 Å². The van der Waals surface area contributed by atoms with Gasteiger partial charge in [0.1, 0.15) is 18.3 Å². The smallest absolute Gasteiger partial charge is 0.256 e. The van der Waals surface area contributed by atoms with Crippen LogP contribution in [0.4, 0.5) is 5.69 Å². The number of carbonyl (C=O) groups is 2. The molecule has 152 valence electrons. The topological polar surface area (TPSA) is 92.3 Å². The summed E-state index contributed by atoms with van der Waals surface area (Å²) in [5.74, 6) is -2.13. The van der Waals surface area contributed by atoms with Crippen molar-refractivity contribution < 1.29 is 33.3 Å². The van der Waals surface area contributed by atoms with Crippen LogP contribution >= 0.6 is 0 Å². The van der Waals surface area contributed by atoms with Crippen molar-refractivity contribution in [2.45, 2.75) is 76.9 Å². The summed E-state index contributed by atoms with van der Waals surface area (Å²) in [4.78, 5) is 24.4. The molecule has 1 amide bonds. The van der Waals surface area contributed by atoms with Gasteiger partial charge in [0.15, 0.2) is 29.8 Å². The van der Waals surface area contributed by atoms with E-state index in [0.717, 1.165) is 0 Å². The monoisotopic (exact) mass is 391 g/mol. The largest absolute Gasteiger partial charge is 0.342 e. The van der Waals surface area contributed by atoms with Crippen LogP contribution in [0.5, 0.6) is 0 Å². The summed E-state index contributed by atoms with van der Waals surface area (Å²) in [7, 11) is 0. The molecule has 1 unspecified atom stereocenters. The van der Waals surface area contributed by atoms with Gasteiger partial charge in [-0.05, 0) is 58.9 Å². The number of rotatable bonds is 3. The molecule has 3 aliphatic rings. The number of amides is 1. The predicted octanol–water partition coefficient (Wildman–Crippen LogP) is 2.22. The molecule has 1 aromatic rings. The van der Waals surface area contributed by atoms with E-state index >= 15 is 0 Å². The number of ketones is 1. The molecule has 28 heavy (non-hydrogen) atoms. The van der Waals surface area contributed by atoms with Crippen LogP contribution in [-0.4, -0.2) is 54.0 Å². The van der Waals surface area contributed by atoms with Crippen molar-refractivity contribution in [1.29, 1.82) is 0 Å². The minimum Gasteiger partial charge on any atom is -0.342 e. The lowest BCUT2D eigenvalue weighted by Gasteiger charge is -2.36. The Morgan fingerprint density at radius 1 is 0.857 bits per heavy atom. The van der Waals surface area contributed by atoms with E-state index in [4.69, 9.17) is 23.7 Å². The minimum absolute atomic E-state index is 0.0397. The molecule has 1 aromatic carbocycles. The van der Waals surface area contributed by atoms with E-state index in [1.165, 1.54) is 6.92 Å². The highest BCUT2D eigenvalue weighted by atomic mass is 16.9. The Kier molecular flexibility index (Phi) is 4.59. The van der Waals surface area contributed by atoms with E-state index in [1.807, 2.05) is 0 Å². The fourth-order valence-corrected chi connectivity index (χ4v) is 3.82. The van der Waals surface area contributed by atoms with Gasteiger partial charge in [0.05, 0.1) is 0 Å². The van der Waals surface area contributed by atoms with Crippen molar-refractivity contribution in [3.8, 4) is 0 Å². The van der Waals surface area contributed by atoms with Crippen LogP contribution in [0.1, 0.15) is 45.0 Å². The van der Waals surface area contributed by atoms with Crippen LogP contribution in [0.2, 0.25) is 0 Å². The molecule has 5 atom stereocenters. The van der Waals surface area contributed by atoms with Crippen molar-refractivity contribution in [1.82, 2.24) is 0 Å². The maximum Gasteiger partial charge on any atom is 0.256 e.